The summed E-state index contributed by atoms with van der Waals surface area (Å²) in [6.07, 6.45) is 5.73. The summed E-state index contributed by atoms with van der Waals surface area (Å²) in [5.41, 5.74) is 7.41. The average molecular weight is 263 g/mol. The molecule has 5 nitrogen and oxygen atoms in total. The second-order valence-corrected chi connectivity index (χ2v) is 5.20. The molecule has 0 spiro atoms. The Balaban J connectivity index is 2.07. The van der Waals surface area contributed by atoms with Crippen LogP contribution in [-0.2, 0) is 0 Å². The van der Waals surface area contributed by atoms with Crippen LogP contribution < -0.4 is 11.1 Å². The van der Waals surface area contributed by atoms with Gasteiger partial charge >= 0.3 is 0 Å². The monoisotopic (exact) mass is 263 g/mol. The number of rotatable bonds is 2. The minimum atomic E-state index is -0.467. The van der Waals surface area contributed by atoms with E-state index < -0.39 is 6.10 Å². The first-order chi connectivity index (χ1) is 9.08. The van der Waals surface area contributed by atoms with Crippen molar-refractivity contribution >= 4 is 11.6 Å². The predicted molar refractivity (Wildman–Crippen MR) is 73.7 cm³/mol. The Morgan fingerprint density at radius 2 is 2.16 bits per heavy atom. The maximum atomic E-state index is 12.2. The molecule has 1 aliphatic rings. The van der Waals surface area contributed by atoms with Gasteiger partial charge in [0.05, 0.1) is 17.7 Å². The molecule has 104 valence electrons. The molecule has 2 unspecified atom stereocenters. The van der Waals surface area contributed by atoms with E-state index in [2.05, 4.69) is 10.3 Å². The van der Waals surface area contributed by atoms with Crippen LogP contribution >= 0.6 is 0 Å². The van der Waals surface area contributed by atoms with Crippen LogP contribution in [0, 0.1) is 6.92 Å². The van der Waals surface area contributed by atoms with Gasteiger partial charge in [0.15, 0.2) is 0 Å². The van der Waals surface area contributed by atoms with Gasteiger partial charge in [0.2, 0.25) is 0 Å². The summed E-state index contributed by atoms with van der Waals surface area (Å²) in [5, 5.41) is 12.9. The number of carbonyl (C=O) groups is 1. The molecule has 2 rings (SSSR count). The third kappa shape index (κ3) is 3.44. The Labute approximate surface area is 113 Å². The fraction of sp³-hybridized carbons (Fsp3) is 0.571. The second-order valence-electron chi connectivity index (χ2n) is 5.20. The Hall–Kier alpha value is -1.62. The Morgan fingerprint density at radius 1 is 1.42 bits per heavy atom. The number of nitrogen functional groups attached to an aromatic ring is 1. The van der Waals surface area contributed by atoms with E-state index in [1.807, 2.05) is 6.92 Å². The number of anilines is 1. The highest BCUT2D eigenvalue weighted by atomic mass is 16.3. The van der Waals surface area contributed by atoms with Gasteiger partial charge in [-0.15, -0.1) is 0 Å². The number of aromatic nitrogens is 1. The molecule has 0 saturated heterocycles. The lowest BCUT2D eigenvalue weighted by Crippen LogP contribution is -2.42. The molecule has 1 aliphatic carbocycles. The van der Waals surface area contributed by atoms with Crippen molar-refractivity contribution < 1.29 is 9.90 Å². The molecule has 1 aromatic heterocycles. The molecule has 0 radical (unpaired) electrons. The second kappa shape index (κ2) is 6.02. The summed E-state index contributed by atoms with van der Waals surface area (Å²) < 4.78 is 0. The van der Waals surface area contributed by atoms with Crippen molar-refractivity contribution in [1.82, 2.24) is 10.3 Å². The number of nitrogens with two attached hydrogens (primary N) is 1. The molecule has 4 N–H and O–H groups in total. The third-order valence-corrected chi connectivity index (χ3v) is 3.61. The first kappa shape index (κ1) is 13.8. The maximum absolute atomic E-state index is 12.2. The van der Waals surface area contributed by atoms with E-state index in [-0.39, 0.29) is 11.9 Å². The summed E-state index contributed by atoms with van der Waals surface area (Å²) in [5.74, 6) is -0.254. The number of aliphatic hydroxyl groups excluding tert-OH is 1. The lowest BCUT2D eigenvalue weighted by Gasteiger charge is -2.22. The van der Waals surface area contributed by atoms with Crippen LogP contribution in [0.3, 0.4) is 0 Å². The number of pyridine rings is 1. The van der Waals surface area contributed by atoms with Gasteiger partial charge in [-0.1, -0.05) is 19.3 Å². The zero-order valence-electron chi connectivity index (χ0n) is 11.2. The Kier molecular flexibility index (Phi) is 4.37. The van der Waals surface area contributed by atoms with Crippen LogP contribution in [0.25, 0.3) is 0 Å². The average Bonchev–Trinajstić information content (AvgIpc) is 2.55. The zero-order chi connectivity index (χ0) is 13.8. The Bertz CT molecular complexity index is 462. The van der Waals surface area contributed by atoms with Gasteiger partial charge in [0.1, 0.15) is 0 Å². The summed E-state index contributed by atoms with van der Waals surface area (Å²) >= 11 is 0. The number of nitrogens with one attached hydrogen (secondary N) is 1. The minimum absolute atomic E-state index is 0.185. The number of aryl methyl sites for hydroxylation is 1. The van der Waals surface area contributed by atoms with Crippen molar-refractivity contribution in [3.8, 4) is 0 Å². The molecule has 1 amide bonds. The molecular formula is C14H21N3O2. The van der Waals surface area contributed by atoms with Crippen molar-refractivity contribution in [2.24, 2.45) is 0 Å². The molecule has 1 fully saturated rings. The highest BCUT2D eigenvalue weighted by Gasteiger charge is 2.24. The molecule has 2 atom stereocenters. The fourth-order valence-corrected chi connectivity index (χ4v) is 2.47. The number of amides is 1. The van der Waals surface area contributed by atoms with Crippen molar-refractivity contribution in [3.05, 3.63) is 23.5 Å². The van der Waals surface area contributed by atoms with E-state index >= 15 is 0 Å². The van der Waals surface area contributed by atoms with Crippen LogP contribution in [-0.4, -0.2) is 28.1 Å². The van der Waals surface area contributed by atoms with Gasteiger partial charge in [-0.25, -0.2) is 0 Å². The van der Waals surface area contributed by atoms with Crippen molar-refractivity contribution in [2.75, 3.05) is 5.73 Å². The molecule has 5 heteroatoms. The standard InChI is InChI=1S/C14H21N3O2/c1-9-7-11(15)10(8-16-9)14(19)17-12-5-3-2-4-6-13(12)18/h7-8,12-13,18H,2-6H2,1H3,(H2,15,16)(H,17,19). The molecule has 0 aliphatic heterocycles. The topological polar surface area (TPSA) is 88.2 Å². The summed E-state index contributed by atoms with van der Waals surface area (Å²) in [6.45, 7) is 1.83. The SMILES string of the molecule is Cc1cc(N)c(C(=O)NC2CCCCCC2O)cn1. The molecule has 0 bridgehead atoms. The van der Waals surface area contributed by atoms with Crippen LogP contribution in [0.1, 0.15) is 48.2 Å². The first-order valence-electron chi connectivity index (χ1n) is 6.79. The number of aliphatic hydroxyl groups is 1. The summed E-state index contributed by atoms with van der Waals surface area (Å²) in [6, 6.07) is 1.49. The van der Waals surface area contributed by atoms with Gasteiger partial charge in [0.25, 0.3) is 5.91 Å². The number of hydrogen-bond donors (Lipinski definition) is 3. The lowest BCUT2D eigenvalue weighted by atomic mass is 10.1. The van der Waals surface area contributed by atoms with Crippen molar-refractivity contribution in [2.45, 2.75) is 51.2 Å². The van der Waals surface area contributed by atoms with E-state index in [1.54, 1.807) is 6.07 Å². The van der Waals surface area contributed by atoms with Gasteiger partial charge in [0, 0.05) is 17.6 Å². The smallest absolute Gasteiger partial charge is 0.255 e. The van der Waals surface area contributed by atoms with E-state index in [4.69, 9.17) is 5.73 Å². The highest BCUT2D eigenvalue weighted by molar-refractivity contribution is 5.99. The van der Waals surface area contributed by atoms with Crippen molar-refractivity contribution in [3.63, 3.8) is 0 Å². The number of nitrogens with zero attached hydrogens (tertiary/aromatic N) is 1. The zero-order valence-corrected chi connectivity index (χ0v) is 11.2. The van der Waals surface area contributed by atoms with Crippen LogP contribution in [0.2, 0.25) is 0 Å². The van der Waals surface area contributed by atoms with Gasteiger partial charge < -0.3 is 16.2 Å². The minimum Gasteiger partial charge on any atom is -0.398 e. The number of hydrogen-bond acceptors (Lipinski definition) is 4. The molecule has 0 aromatic carbocycles. The molecule has 19 heavy (non-hydrogen) atoms. The van der Waals surface area contributed by atoms with Gasteiger partial charge in [-0.3, -0.25) is 9.78 Å². The van der Waals surface area contributed by atoms with E-state index in [1.165, 1.54) is 6.20 Å². The fourth-order valence-electron chi connectivity index (χ4n) is 2.47. The quantitative estimate of drug-likeness (QED) is 0.704. The predicted octanol–water partition coefficient (Wildman–Crippen LogP) is 1.40. The molecule has 1 saturated carbocycles. The van der Waals surface area contributed by atoms with E-state index in [9.17, 15) is 9.90 Å². The number of carbonyl (C=O) groups excluding carboxylic acids is 1. The Morgan fingerprint density at radius 3 is 2.89 bits per heavy atom. The summed E-state index contributed by atoms with van der Waals surface area (Å²) in [7, 11) is 0. The van der Waals surface area contributed by atoms with Crippen LogP contribution in [0.5, 0.6) is 0 Å². The van der Waals surface area contributed by atoms with Crippen molar-refractivity contribution in [1.29, 1.82) is 0 Å². The van der Waals surface area contributed by atoms with Crippen LogP contribution in [0.15, 0.2) is 12.3 Å². The normalized spacial score (nSPS) is 23.7. The molecule has 1 heterocycles. The van der Waals surface area contributed by atoms with Gasteiger partial charge in [-0.2, -0.15) is 0 Å². The van der Waals surface area contributed by atoms with Crippen LogP contribution in [0.4, 0.5) is 5.69 Å². The maximum Gasteiger partial charge on any atom is 0.255 e. The van der Waals surface area contributed by atoms with E-state index in [0.717, 1.165) is 37.8 Å². The van der Waals surface area contributed by atoms with Gasteiger partial charge in [-0.05, 0) is 25.8 Å². The molecule has 1 aromatic rings. The third-order valence-electron chi connectivity index (χ3n) is 3.61. The molecular weight excluding hydrogens is 242 g/mol. The largest absolute Gasteiger partial charge is 0.398 e. The highest BCUT2D eigenvalue weighted by Crippen LogP contribution is 2.19. The summed E-state index contributed by atoms with van der Waals surface area (Å²) in [4.78, 5) is 16.2. The van der Waals surface area contributed by atoms with E-state index in [0.29, 0.717) is 11.3 Å². The first-order valence-corrected chi connectivity index (χ1v) is 6.79. The lowest BCUT2D eigenvalue weighted by molar-refractivity contribution is 0.0819.